The van der Waals surface area contributed by atoms with Gasteiger partial charge in [0.05, 0.1) is 9.60 Å². The van der Waals surface area contributed by atoms with Crippen molar-refractivity contribution in [1.82, 2.24) is 9.88 Å². The monoisotopic (exact) mass is 505 g/mol. The predicted octanol–water partition coefficient (Wildman–Crippen LogP) is 4.57. The van der Waals surface area contributed by atoms with Gasteiger partial charge in [0.2, 0.25) is 5.91 Å². The number of benzene rings is 3. The molecule has 1 aliphatic rings. The third kappa shape index (κ3) is 5.09. The molecule has 4 aromatic rings. The lowest BCUT2D eigenvalue weighted by molar-refractivity contribution is -0.131. The van der Waals surface area contributed by atoms with Gasteiger partial charge in [-0.15, -0.1) is 0 Å². The zero-order valence-corrected chi connectivity index (χ0v) is 21.1. The minimum absolute atomic E-state index is 0.0154. The van der Waals surface area contributed by atoms with Gasteiger partial charge in [-0.1, -0.05) is 78.1 Å². The second-order valence-electron chi connectivity index (χ2n) is 8.82. The largest absolute Gasteiger partial charge is 0.345 e. The maximum absolute atomic E-state index is 13.3. The van der Waals surface area contributed by atoms with Gasteiger partial charge in [0.1, 0.15) is 5.52 Å². The number of aromatic nitrogens is 1. The van der Waals surface area contributed by atoms with Crippen LogP contribution in [0.4, 0.5) is 5.13 Å². The first kappa shape index (κ1) is 23.5. The van der Waals surface area contributed by atoms with Crippen molar-refractivity contribution < 1.29 is 13.2 Å². The normalized spacial score (nSPS) is 14.6. The van der Waals surface area contributed by atoms with Crippen molar-refractivity contribution in [3.8, 4) is 0 Å². The van der Waals surface area contributed by atoms with Crippen LogP contribution in [0.5, 0.6) is 0 Å². The molecule has 0 saturated carbocycles. The van der Waals surface area contributed by atoms with Crippen LogP contribution < -0.4 is 4.90 Å². The lowest BCUT2D eigenvalue weighted by Gasteiger charge is -2.35. The van der Waals surface area contributed by atoms with Crippen molar-refractivity contribution in [3.05, 3.63) is 90.0 Å². The Balaban J connectivity index is 1.29. The highest BCUT2D eigenvalue weighted by Crippen LogP contribution is 2.33. The maximum Gasteiger partial charge on any atom is 0.223 e. The fourth-order valence-corrected chi connectivity index (χ4v) is 6.54. The topological polar surface area (TPSA) is 70.6 Å². The van der Waals surface area contributed by atoms with Crippen molar-refractivity contribution in [2.45, 2.75) is 17.2 Å². The number of para-hydroxylation sites is 1. The van der Waals surface area contributed by atoms with Gasteiger partial charge in [-0.2, -0.15) is 0 Å². The van der Waals surface area contributed by atoms with Gasteiger partial charge in [-0.25, -0.2) is 13.4 Å². The molecule has 6 nitrogen and oxygen atoms in total. The van der Waals surface area contributed by atoms with Crippen LogP contribution in [0.15, 0.2) is 83.8 Å². The molecule has 2 heterocycles. The number of carbonyl (C=O) groups is 1. The lowest BCUT2D eigenvalue weighted by Crippen LogP contribution is -2.49. The van der Waals surface area contributed by atoms with Crippen LogP contribution in [-0.4, -0.2) is 56.6 Å². The maximum atomic E-state index is 13.3. The molecular weight excluding hydrogens is 478 g/mol. The van der Waals surface area contributed by atoms with Crippen molar-refractivity contribution in [2.24, 2.45) is 0 Å². The smallest absolute Gasteiger partial charge is 0.223 e. The van der Waals surface area contributed by atoms with Crippen LogP contribution in [0, 0.1) is 0 Å². The summed E-state index contributed by atoms with van der Waals surface area (Å²) in [4.78, 5) is 22.3. The standard InChI is InChI=1S/C27H27N3O3S2/c1-35(32,33)24-14-8-13-23-26(24)28-27(34-23)30-17-15-29(16-18-30)25(31)19-22(20-9-4-2-5-10-20)21-11-6-3-7-12-21/h2-14,22H,15-19H2,1H3. The summed E-state index contributed by atoms with van der Waals surface area (Å²) in [7, 11) is -3.35. The molecule has 8 heteroatoms. The molecule has 0 radical (unpaired) electrons. The number of thiazole rings is 1. The zero-order chi connectivity index (χ0) is 24.4. The highest BCUT2D eigenvalue weighted by atomic mass is 32.2. The van der Waals surface area contributed by atoms with Gasteiger partial charge in [0, 0.05) is 44.8 Å². The second kappa shape index (κ2) is 9.79. The van der Waals surface area contributed by atoms with Crippen LogP contribution in [0.25, 0.3) is 10.2 Å². The summed E-state index contributed by atoms with van der Waals surface area (Å²) in [5.74, 6) is 0.160. The molecule has 0 spiro atoms. The Bertz CT molecular complexity index is 1390. The van der Waals surface area contributed by atoms with E-state index in [0.29, 0.717) is 38.1 Å². The number of rotatable bonds is 6. The number of piperazine rings is 1. The summed E-state index contributed by atoms with van der Waals surface area (Å²) in [6.45, 7) is 2.57. The fourth-order valence-electron chi connectivity index (χ4n) is 4.60. The Hall–Kier alpha value is -3.23. The van der Waals surface area contributed by atoms with Gasteiger partial charge in [0.15, 0.2) is 15.0 Å². The molecule has 1 amide bonds. The van der Waals surface area contributed by atoms with E-state index in [-0.39, 0.29) is 16.7 Å². The summed E-state index contributed by atoms with van der Waals surface area (Å²) >= 11 is 1.50. The third-order valence-corrected chi connectivity index (χ3v) is 8.67. The molecule has 1 aliphatic heterocycles. The molecule has 1 fully saturated rings. The van der Waals surface area contributed by atoms with E-state index < -0.39 is 9.84 Å². The molecule has 35 heavy (non-hydrogen) atoms. The van der Waals surface area contributed by atoms with E-state index in [1.54, 1.807) is 12.1 Å². The Labute approximate surface area is 209 Å². The Morgan fingerprint density at radius 1 is 0.886 bits per heavy atom. The number of sulfone groups is 1. The van der Waals surface area contributed by atoms with E-state index >= 15 is 0 Å². The fraction of sp³-hybridized carbons (Fsp3) is 0.259. The Kier molecular flexibility index (Phi) is 6.58. The van der Waals surface area contributed by atoms with Crippen molar-refractivity contribution in [3.63, 3.8) is 0 Å². The van der Waals surface area contributed by atoms with Gasteiger partial charge in [-0.05, 0) is 23.3 Å². The van der Waals surface area contributed by atoms with Crippen LogP contribution >= 0.6 is 11.3 Å². The Morgan fingerprint density at radius 2 is 1.49 bits per heavy atom. The number of anilines is 1. The van der Waals surface area contributed by atoms with Crippen LogP contribution in [0.3, 0.4) is 0 Å². The minimum Gasteiger partial charge on any atom is -0.345 e. The molecule has 0 aliphatic carbocycles. The van der Waals surface area contributed by atoms with E-state index in [0.717, 1.165) is 21.0 Å². The van der Waals surface area contributed by atoms with Gasteiger partial charge in [-0.3, -0.25) is 4.79 Å². The number of carbonyl (C=O) groups excluding carboxylic acids is 1. The molecule has 1 aromatic heterocycles. The summed E-state index contributed by atoms with van der Waals surface area (Å²) in [6, 6.07) is 25.6. The van der Waals surface area contributed by atoms with Crippen molar-refractivity contribution in [1.29, 1.82) is 0 Å². The van der Waals surface area contributed by atoms with Crippen LogP contribution in [0.1, 0.15) is 23.5 Å². The number of amides is 1. The highest BCUT2D eigenvalue weighted by molar-refractivity contribution is 7.91. The quantitative estimate of drug-likeness (QED) is 0.384. The number of fused-ring (bicyclic) bond motifs is 1. The first-order valence-corrected chi connectivity index (χ1v) is 14.3. The first-order valence-electron chi connectivity index (χ1n) is 11.6. The van der Waals surface area contributed by atoms with Crippen LogP contribution in [-0.2, 0) is 14.6 Å². The average molecular weight is 506 g/mol. The molecule has 0 atom stereocenters. The lowest BCUT2D eigenvalue weighted by atomic mass is 9.88. The van der Waals surface area contributed by atoms with E-state index in [2.05, 4.69) is 34.1 Å². The minimum atomic E-state index is -3.35. The zero-order valence-electron chi connectivity index (χ0n) is 19.5. The third-order valence-electron chi connectivity index (χ3n) is 6.46. The molecule has 3 aromatic carbocycles. The van der Waals surface area contributed by atoms with Crippen molar-refractivity contribution in [2.75, 3.05) is 37.3 Å². The molecule has 1 saturated heterocycles. The summed E-state index contributed by atoms with van der Waals surface area (Å²) < 4.78 is 25.2. The predicted molar refractivity (Wildman–Crippen MR) is 141 cm³/mol. The molecule has 0 unspecified atom stereocenters. The Morgan fingerprint density at radius 3 is 2.06 bits per heavy atom. The van der Waals surface area contributed by atoms with E-state index in [1.807, 2.05) is 47.4 Å². The highest BCUT2D eigenvalue weighted by Gasteiger charge is 2.27. The number of hydrogen-bond donors (Lipinski definition) is 0. The SMILES string of the molecule is CS(=O)(=O)c1cccc2sc(N3CCN(C(=O)CC(c4ccccc4)c4ccccc4)CC3)nc12. The van der Waals surface area contributed by atoms with Gasteiger partial charge < -0.3 is 9.80 Å². The molecule has 180 valence electrons. The molecule has 0 N–H and O–H groups in total. The van der Waals surface area contributed by atoms with E-state index in [1.165, 1.54) is 17.6 Å². The summed E-state index contributed by atoms with van der Waals surface area (Å²) in [5, 5.41) is 0.801. The summed E-state index contributed by atoms with van der Waals surface area (Å²) in [6.07, 6.45) is 1.64. The van der Waals surface area contributed by atoms with Gasteiger partial charge in [0.25, 0.3) is 0 Å². The molecule has 5 rings (SSSR count). The molecule has 0 bridgehead atoms. The number of hydrogen-bond acceptors (Lipinski definition) is 6. The van der Waals surface area contributed by atoms with E-state index in [9.17, 15) is 13.2 Å². The van der Waals surface area contributed by atoms with E-state index in [4.69, 9.17) is 0 Å². The van der Waals surface area contributed by atoms with Gasteiger partial charge >= 0.3 is 0 Å². The first-order chi connectivity index (χ1) is 16.9. The van der Waals surface area contributed by atoms with Crippen LogP contribution in [0.2, 0.25) is 0 Å². The molecular formula is C27H27N3O3S2. The summed E-state index contributed by atoms with van der Waals surface area (Å²) in [5.41, 5.74) is 2.81. The second-order valence-corrected chi connectivity index (χ2v) is 11.8. The average Bonchev–Trinajstić information content (AvgIpc) is 3.32. The van der Waals surface area contributed by atoms with Crippen molar-refractivity contribution >= 4 is 42.4 Å². The number of nitrogens with zero attached hydrogens (tertiary/aromatic N) is 3.